The lowest BCUT2D eigenvalue weighted by atomic mass is 10.1. The standard InChI is InChI=1S/C12H15ClO2/c1-3-15-11-6-4-5-10(8-11)12(13)7-9(2)14/h4-6,8,12H,3,7H2,1-2H3. The van der Waals surface area contributed by atoms with Crippen molar-refractivity contribution in [2.24, 2.45) is 0 Å². The molecule has 3 heteroatoms. The molecule has 1 atom stereocenters. The maximum Gasteiger partial charge on any atom is 0.131 e. The summed E-state index contributed by atoms with van der Waals surface area (Å²) in [6, 6.07) is 7.55. The Hall–Kier alpha value is -1.02. The van der Waals surface area contributed by atoms with E-state index in [4.69, 9.17) is 16.3 Å². The molecule has 0 heterocycles. The largest absolute Gasteiger partial charge is 0.494 e. The Morgan fingerprint density at radius 3 is 2.87 bits per heavy atom. The first-order valence-electron chi connectivity index (χ1n) is 4.99. The molecule has 0 aromatic heterocycles. The Bertz CT molecular complexity index is 336. The van der Waals surface area contributed by atoms with Gasteiger partial charge in [-0.15, -0.1) is 11.6 Å². The average molecular weight is 227 g/mol. The number of Topliss-reactive ketones (excluding diaryl/α,β-unsaturated/α-hetero) is 1. The minimum Gasteiger partial charge on any atom is -0.494 e. The van der Waals surface area contributed by atoms with E-state index in [0.29, 0.717) is 13.0 Å². The molecule has 0 N–H and O–H groups in total. The number of alkyl halides is 1. The van der Waals surface area contributed by atoms with Gasteiger partial charge in [-0.25, -0.2) is 0 Å². The molecule has 0 aliphatic carbocycles. The van der Waals surface area contributed by atoms with Crippen LogP contribution in [-0.4, -0.2) is 12.4 Å². The van der Waals surface area contributed by atoms with Gasteiger partial charge in [0.1, 0.15) is 11.5 Å². The molecule has 0 bridgehead atoms. The van der Waals surface area contributed by atoms with E-state index >= 15 is 0 Å². The Balaban J connectivity index is 2.75. The maximum atomic E-state index is 10.9. The van der Waals surface area contributed by atoms with Crippen LogP contribution in [0.3, 0.4) is 0 Å². The van der Waals surface area contributed by atoms with Crippen molar-refractivity contribution in [3.63, 3.8) is 0 Å². The molecular formula is C12H15ClO2. The quantitative estimate of drug-likeness (QED) is 0.720. The van der Waals surface area contributed by atoms with Crippen molar-refractivity contribution < 1.29 is 9.53 Å². The second-order valence-electron chi connectivity index (χ2n) is 3.38. The van der Waals surface area contributed by atoms with Gasteiger partial charge in [0, 0.05) is 6.42 Å². The highest BCUT2D eigenvalue weighted by Crippen LogP contribution is 2.27. The summed E-state index contributed by atoms with van der Waals surface area (Å²) in [4.78, 5) is 10.9. The lowest BCUT2D eigenvalue weighted by Gasteiger charge is -2.09. The third-order valence-electron chi connectivity index (χ3n) is 2.00. The van der Waals surface area contributed by atoms with Crippen molar-refractivity contribution in [2.75, 3.05) is 6.61 Å². The normalized spacial score (nSPS) is 12.2. The summed E-state index contributed by atoms with van der Waals surface area (Å²) >= 11 is 6.10. The maximum absolute atomic E-state index is 10.9. The molecule has 0 aliphatic rings. The van der Waals surface area contributed by atoms with Crippen LogP contribution in [0, 0.1) is 0 Å². The molecule has 2 nitrogen and oxygen atoms in total. The van der Waals surface area contributed by atoms with E-state index in [-0.39, 0.29) is 11.2 Å². The molecule has 1 unspecified atom stereocenters. The number of hydrogen-bond donors (Lipinski definition) is 0. The number of benzene rings is 1. The minimum atomic E-state index is -0.261. The molecular weight excluding hydrogens is 212 g/mol. The van der Waals surface area contributed by atoms with E-state index in [9.17, 15) is 4.79 Å². The number of halogens is 1. The molecule has 0 fully saturated rings. The van der Waals surface area contributed by atoms with Crippen LogP contribution in [-0.2, 0) is 4.79 Å². The Morgan fingerprint density at radius 1 is 1.53 bits per heavy atom. The smallest absolute Gasteiger partial charge is 0.131 e. The predicted molar refractivity (Wildman–Crippen MR) is 61.5 cm³/mol. The molecule has 0 saturated heterocycles. The molecule has 1 aromatic carbocycles. The summed E-state index contributed by atoms with van der Waals surface area (Å²) in [5, 5.41) is -0.261. The first-order chi connectivity index (χ1) is 7.13. The molecule has 0 radical (unpaired) electrons. The van der Waals surface area contributed by atoms with Gasteiger partial charge in [-0.1, -0.05) is 12.1 Å². The Kier molecular flexibility index (Phi) is 4.63. The number of carbonyl (C=O) groups is 1. The van der Waals surface area contributed by atoms with Crippen LogP contribution in [0.15, 0.2) is 24.3 Å². The molecule has 82 valence electrons. The van der Waals surface area contributed by atoms with Crippen molar-refractivity contribution in [1.29, 1.82) is 0 Å². The molecule has 1 rings (SSSR count). The SMILES string of the molecule is CCOc1cccc(C(Cl)CC(C)=O)c1. The van der Waals surface area contributed by atoms with Gasteiger partial charge < -0.3 is 4.74 Å². The monoisotopic (exact) mass is 226 g/mol. The Morgan fingerprint density at radius 2 is 2.27 bits per heavy atom. The van der Waals surface area contributed by atoms with Crippen LogP contribution in [0.1, 0.15) is 31.2 Å². The van der Waals surface area contributed by atoms with Crippen LogP contribution in [0.4, 0.5) is 0 Å². The fourth-order valence-corrected chi connectivity index (χ4v) is 1.69. The second kappa shape index (κ2) is 5.76. The summed E-state index contributed by atoms with van der Waals surface area (Å²) < 4.78 is 5.36. The van der Waals surface area contributed by atoms with Crippen molar-refractivity contribution in [3.8, 4) is 5.75 Å². The summed E-state index contributed by atoms with van der Waals surface area (Å²) in [5.74, 6) is 0.890. The van der Waals surface area contributed by atoms with Gasteiger partial charge in [0.2, 0.25) is 0 Å². The number of ketones is 1. The van der Waals surface area contributed by atoms with Crippen LogP contribution in [0.25, 0.3) is 0 Å². The highest BCUT2D eigenvalue weighted by Gasteiger charge is 2.10. The van der Waals surface area contributed by atoms with E-state index in [1.54, 1.807) is 6.92 Å². The number of ether oxygens (including phenoxy) is 1. The van der Waals surface area contributed by atoms with E-state index in [0.717, 1.165) is 11.3 Å². The van der Waals surface area contributed by atoms with Gasteiger partial charge in [0.25, 0.3) is 0 Å². The van der Waals surface area contributed by atoms with Crippen molar-refractivity contribution >= 4 is 17.4 Å². The second-order valence-corrected chi connectivity index (χ2v) is 3.91. The van der Waals surface area contributed by atoms with Gasteiger partial charge in [0.15, 0.2) is 0 Å². The van der Waals surface area contributed by atoms with E-state index in [1.165, 1.54) is 0 Å². The van der Waals surface area contributed by atoms with Crippen LogP contribution in [0.5, 0.6) is 5.75 Å². The third kappa shape index (κ3) is 3.92. The van der Waals surface area contributed by atoms with Gasteiger partial charge in [0.05, 0.1) is 12.0 Å². The van der Waals surface area contributed by atoms with Crippen LogP contribution < -0.4 is 4.74 Å². The van der Waals surface area contributed by atoms with E-state index in [2.05, 4.69) is 0 Å². The zero-order valence-corrected chi connectivity index (χ0v) is 9.75. The molecule has 0 amide bonds. The first-order valence-corrected chi connectivity index (χ1v) is 5.43. The van der Waals surface area contributed by atoms with Crippen molar-refractivity contribution in [3.05, 3.63) is 29.8 Å². The van der Waals surface area contributed by atoms with Crippen LogP contribution >= 0.6 is 11.6 Å². The summed E-state index contributed by atoms with van der Waals surface area (Å²) in [6.45, 7) is 4.10. The number of rotatable bonds is 5. The highest BCUT2D eigenvalue weighted by molar-refractivity contribution is 6.21. The van der Waals surface area contributed by atoms with Gasteiger partial charge in [-0.3, -0.25) is 4.79 Å². The fourth-order valence-electron chi connectivity index (χ4n) is 1.34. The van der Waals surface area contributed by atoms with Gasteiger partial charge in [-0.2, -0.15) is 0 Å². The highest BCUT2D eigenvalue weighted by atomic mass is 35.5. The summed E-state index contributed by atoms with van der Waals surface area (Å²) in [5.41, 5.74) is 0.929. The average Bonchev–Trinajstić information content (AvgIpc) is 2.17. The number of carbonyl (C=O) groups excluding carboxylic acids is 1. The van der Waals surface area contributed by atoms with Crippen molar-refractivity contribution in [1.82, 2.24) is 0 Å². The lowest BCUT2D eigenvalue weighted by Crippen LogP contribution is -1.99. The Labute approximate surface area is 95.2 Å². The zero-order chi connectivity index (χ0) is 11.3. The third-order valence-corrected chi connectivity index (χ3v) is 2.40. The predicted octanol–water partition coefficient (Wildman–Crippen LogP) is 3.34. The van der Waals surface area contributed by atoms with E-state index < -0.39 is 0 Å². The summed E-state index contributed by atoms with van der Waals surface area (Å²) in [7, 11) is 0. The minimum absolute atomic E-state index is 0.0943. The lowest BCUT2D eigenvalue weighted by molar-refractivity contribution is -0.117. The molecule has 15 heavy (non-hydrogen) atoms. The van der Waals surface area contributed by atoms with Crippen LogP contribution in [0.2, 0.25) is 0 Å². The topological polar surface area (TPSA) is 26.3 Å². The molecule has 0 aliphatic heterocycles. The molecule has 1 aromatic rings. The first kappa shape index (κ1) is 12.1. The van der Waals surface area contributed by atoms with Gasteiger partial charge in [-0.05, 0) is 31.5 Å². The molecule has 0 spiro atoms. The zero-order valence-electron chi connectivity index (χ0n) is 9.00. The number of hydrogen-bond acceptors (Lipinski definition) is 2. The molecule has 0 saturated carbocycles. The summed E-state index contributed by atoms with van der Waals surface area (Å²) in [6.07, 6.45) is 0.358. The van der Waals surface area contributed by atoms with E-state index in [1.807, 2.05) is 31.2 Å². The van der Waals surface area contributed by atoms with Crippen molar-refractivity contribution in [2.45, 2.75) is 25.6 Å². The fraction of sp³-hybridized carbons (Fsp3) is 0.417. The van der Waals surface area contributed by atoms with Gasteiger partial charge >= 0.3 is 0 Å².